The van der Waals surface area contributed by atoms with Crippen LogP contribution in [0.15, 0.2) is 65.6 Å². The molecule has 0 unspecified atom stereocenters. The third-order valence-electron chi connectivity index (χ3n) is 4.26. The second-order valence-corrected chi connectivity index (χ2v) is 7.82. The molecule has 0 fully saturated rings. The minimum absolute atomic E-state index is 0.0328. The minimum Gasteiger partial charge on any atom is -0.406 e. The largest absolute Gasteiger partial charge is 0.406 e. The molecule has 2 heterocycles. The first kappa shape index (κ1) is 19.2. The average molecular weight is 426 g/mol. The van der Waals surface area contributed by atoms with Crippen molar-refractivity contribution in [3.8, 4) is 0 Å². The second kappa shape index (κ2) is 8.06. The number of halogens is 1. The standard InChI is InChI=1S/C21H16ClN3O3S/c1-13-5-2-9-17-18(13)23-21(29-17)24-19(26)16-8-4-10-25(20(16)27)28-12-14-6-3-7-15(22)11-14/h2-11H,12H2,1H3,(H,23,24,26). The maximum Gasteiger partial charge on any atom is 0.295 e. The number of rotatable bonds is 5. The van der Waals surface area contributed by atoms with Gasteiger partial charge < -0.3 is 4.84 Å². The number of aromatic nitrogens is 2. The summed E-state index contributed by atoms with van der Waals surface area (Å²) in [6.45, 7) is 2.10. The van der Waals surface area contributed by atoms with Gasteiger partial charge in [-0.2, -0.15) is 4.73 Å². The van der Waals surface area contributed by atoms with Crippen LogP contribution < -0.4 is 15.7 Å². The number of hydrogen-bond acceptors (Lipinski definition) is 5. The number of carbonyl (C=O) groups is 1. The lowest BCUT2D eigenvalue weighted by molar-refractivity contribution is 0.0863. The molecule has 0 bridgehead atoms. The molecule has 1 amide bonds. The maximum atomic E-state index is 12.6. The van der Waals surface area contributed by atoms with Crippen LogP contribution in [0.3, 0.4) is 0 Å². The van der Waals surface area contributed by atoms with Crippen molar-refractivity contribution in [1.29, 1.82) is 0 Å². The van der Waals surface area contributed by atoms with Crippen LogP contribution in [0.2, 0.25) is 5.02 Å². The number of nitrogens with zero attached hydrogens (tertiary/aromatic N) is 2. The fourth-order valence-electron chi connectivity index (χ4n) is 2.82. The van der Waals surface area contributed by atoms with Gasteiger partial charge in [0.25, 0.3) is 11.5 Å². The number of anilines is 1. The van der Waals surface area contributed by atoms with Crippen LogP contribution >= 0.6 is 22.9 Å². The summed E-state index contributed by atoms with van der Waals surface area (Å²) in [4.78, 5) is 35.3. The number of hydrogen-bond donors (Lipinski definition) is 1. The zero-order chi connectivity index (χ0) is 20.4. The molecule has 0 atom stereocenters. The first-order valence-electron chi connectivity index (χ1n) is 8.78. The third kappa shape index (κ3) is 4.16. The molecule has 4 aromatic rings. The Morgan fingerprint density at radius 3 is 2.83 bits per heavy atom. The van der Waals surface area contributed by atoms with E-state index in [0.717, 1.165) is 26.1 Å². The van der Waals surface area contributed by atoms with Crippen LogP contribution in [0.4, 0.5) is 5.13 Å². The summed E-state index contributed by atoms with van der Waals surface area (Å²) in [6, 6.07) is 16.0. The summed E-state index contributed by atoms with van der Waals surface area (Å²) in [7, 11) is 0. The van der Waals surface area contributed by atoms with Crippen molar-refractivity contribution in [3.63, 3.8) is 0 Å². The topological polar surface area (TPSA) is 73.2 Å². The van der Waals surface area contributed by atoms with Crippen molar-refractivity contribution in [2.24, 2.45) is 0 Å². The van der Waals surface area contributed by atoms with Gasteiger partial charge in [-0.15, -0.1) is 0 Å². The molecule has 2 aromatic carbocycles. The van der Waals surface area contributed by atoms with Gasteiger partial charge in [0, 0.05) is 11.2 Å². The SMILES string of the molecule is Cc1cccc2sc(NC(=O)c3cccn(OCc4cccc(Cl)c4)c3=O)nc12. The molecule has 2 aromatic heterocycles. The summed E-state index contributed by atoms with van der Waals surface area (Å²) >= 11 is 7.32. The van der Waals surface area contributed by atoms with Gasteiger partial charge in [-0.3, -0.25) is 14.9 Å². The van der Waals surface area contributed by atoms with Crippen molar-refractivity contribution < 1.29 is 9.63 Å². The van der Waals surface area contributed by atoms with Crippen LogP contribution in [0.1, 0.15) is 21.5 Å². The number of pyridine rings is 1. The van der Waals surface area contributed by atoms with Crippen LogP contribution in [0, 0.1) is 6.92 Å². The monoisotopic (exact) mass is 425 g/mol. The summed E-state index contributed by atoms with van der Waals surface area (Å²) in [5.74, 6) is -0.535. The Morgan fingerprint density at radius 2 is 2.03 bits per heavy atom. The molecule has 6 nitrogen and oxygen atoms in total. The van der Waals surface area contributed by atoms with Crippen molar-refractivity contribution >= 4 is 44.2 Å². The molecular weight excluding hydrogens is 410 g/mol. The number of aryl methyl sites for hydroxylation is 1. The molecule has 146 valence electrons. The van der Waals surface area contributed by atoms with E-state index in [1.807, 2.05) is 31.2 Å². The van der Waals surface area contributed by atoms with E-state index in [0.29, 0.717) is 10.2 Å². The third-order valence-corrected chi connectivity index (χ3v) is 5.43. The molecule has 0 aliphatic rings. The van der Waals surface area contributed by atoms with Crippen molar-refractivity contribution in [1.82, 2.24) is 9.71 Å². The van der Waals surface area contributed by atoms with Crippen molar-refractivity contribution in [3.05, 3.63) is 92.9 Å². The first-order valence-corrected chi connectivity index (χ1v) is 9.97. The Labute approximate surface area is 175 Å². The molecule has 0 aliphatic heterocycles. The van der Waals surface area contributed by atoms with Gasteiger partial charge in [0.05, 0.1) is 10.2 Å². The number of para-hydroxylation sites is 1. The predicted octanol–water partition coefficient (Wildman–Crippen LogP) is 4.30. The number of nitrogens with one attached hydrogen (secondary N) is 1. The number of fused-ring (bicyclic) bond motifs is 1. The van der Waals surface area contributed by atoms with Gasteiger partial charge in [-0.1, -0.05) is 47.2 Å². The van der Waals surface area contributed by atoms with Crippen molar-refractivity contribution in [2.45, 2.75) is 13.5 Å². The number of amides is 1. The molecule has 1 N–H and O–H groups in total. The lowest BCUT2D eigenvalue weighted by atomic mass is 10.2. The number of thiazole rings is 1. The van der Waals surface area contributed by atoms with E-state index in [4.69, 9.17) is 16.4 Å². The van der Waals surface area contributed by atoms with E-state index in [1.165, 1.54) is 23.6 Å². The Hall–Kier alpha value is -3.16. The number of carbonyl (C=O) groups excluding carboxylic acids is 1. The highest BCUT2D eigenvalue weighted by atomic mass is 35.5. The summed E-state index contributed by atoms with van der Waals surface area (Å²) in [5.41, 5.74) is 2.09. The summed E-state index contributed by atoms with van der Waals surface area (Å²) in [5, 5.41) is 3.73. The van der Waals surface area contributed by atoms with Gasteiger partial charge in [-0.05, 0) is 48.4 Å². The predicted molar refractivity (Wildman–Crippen MR) is 115 cm³/mol. The van der Waals surface area contributed by atoms with Crippen LogP contribution in [-0.2, 0) is 6.61 Å². The van der Waals surface area contributed by atoms with Crippen LogP contribution in [-0.4, -0.2) is 15.6 Å². The molecule has 29 heavy (non-hydrogen) atoms. The number of benzene rings is 2. The van der Waals surface area contributed by atoms with Gasteiger partial charge in [0.1, 0.15) is 12.2 Å². The molecule has 8 heteroatoms. The fourth-order valence-corrected chi connectivity index (χ4v) is 3.98. The van der Waals surface area contributed by atoms with E-state index >= 15 is 0 Å². The lowest BCUT2D eigenvalue weighted by Gasteiger charge is -2.10. The molecule has 0 radical (unpaired) electrons. The Morgan fingerprint density at radius 1 is 1.21 bits per heavy atom. The smallest absolute Gasteiger partial charge is 0.295 e. The second-order valence-electron chi connectivity index (χ2n) is 6.35. The maximum absolute atomic E-state index is 12.6. The molecule has 0 spiro atoms. The normalized spacial score (nSPS) is 10.8. The van der Waals surface area contributed by atoms with Crippen LogP contribution in [0.5, 0.6) is 0 Å². The van der Waals surface area contributed by atoms with Gasteiger partial charge in [0.15, 0.2) is 5.13 Å². The minimum atomic E-state index is -0.552. The molecule has 0 saturated carbocycles. The van der Waals surface area contributed by atoms with Crippen molar-refractivity contribution in [2.75, 3.05) is 5.32 Å². The molecule has 0 saturated heterocycles. The highest BCUT2D eigenvalue weighted by Crippen LogP contribution is 2.28. The Balaban J connectivity index is 1.53. The van der Waals surface area contributed by atoms with E-state index < -0.39 is 11.5 Å². The van der Waals surface area contributed by atoms with E-state index in [9.17, 15) is 9.59 Å². The molecule has 4 rings (SSSR count). The Bertz CT molecular complexity index is 1270. The Kier molecular flexibility index (Phi) is 5.33. The van der Waals surface area contributed by atoms with E-state index in [2.05, 4.69) is 10.3 Å². The van der Waals surface area contributed by atoms with Gasteiger partial charge in [0.2, 0.25) is 0 Å². The van der Waals surface area contributed by atoms with E-state index in [1.54, 1.807) is 24.3 Å². The zero-order valence-electron chi connectivity index (χ0n) is 15.4. The quantitative estimate of drug-likeness (QED) is 0.517. The highest BCUT2D eigenvalue weighted by Gasteiger charge is 2.15. The zero-order valence-corrected chi connectivity index (χ0v) is 17.0. The molecular formula is C21H16ClN3O3S. The van der Waals surface area contributed by atoms with Crippen LogP contribution in [0.25, 0.3) is 10.2 Å². The first-order chi connectivity index (χ1) is 14.0. The highest BCUT2D eigenvalue weighted by molar-refractivity contribution is 7.22. The van der Waals surface area contributed by atoms with E-state index in [-0.39, 0.29) is 12.2 Å². The summed E-state index contributed by atoms with van der Waals surface area (Å²) in [6.07, 6.45) is 1.46. The average Bonchev–Trinajstić information content (AvgIpc) is 3.11. The summed E-state index contributed by atoms with van der Waals surface area (Å²) < 4.78 is 2.01. The fraction of sp³-hybridized carbons (Fsp3) is 0.0952. The van der Waals surface area contributed by atoms with Gasteiger partial charge >= 0.3 is 0 Å². The van der Waals surface area contributed by atoms with Gasteiger partial charge in [-0.25, -0.2) is 4.98 Å². The lowest BCUT2D eigenvalue weighted by Crippen LogP contribution is -2.32. The molecule has 0 aliphatic carbocycles.